The Morgan fingerprint density at radius 3 is 2.74 bits per heavy atom. The number of halogens is 3. The van der Waals surface area contributed by atoms with Gasteiger partial charge < -0.3 is 10.3 Å². The summed E-state index contributed by atoms with van der Waals surface area (Å²) in [4.78, 5) is 14.3. The molecule has 0 fully saturated rings. The molecule has 7 heteroatoms. The number of H-pyrrole nitrogens is 1. The van der Waals surface area contributed by atoms with E-state index in [-0.39, 0.29) is 6.04 Å². The molecule has 27 heavy (non-hydrogen) atoms. The molecule has 3 N–H and O–H groups in total. The first-order valence-electron chi connectivity index (χ1n) is 8.61. The van der Waals surface area contributed by atoms with E-state index >= 15 is 0 Å². The summed E-state index contributed by atoms with van der Waals surface area (Å²) in [7, 11) is 0. The van der Waals surface area contributed by atoms with Crippen molar-refractivity contribution < 1.29 is 13.6 Å². The Kier molecular flexibility index (Phi) is 4.20. The highest BCUT2D eigenvalue weighted by Gasteiger charge is 2.40. The predicted molar refractivity (Wildman–Crippen MR) is 102 cm³/mol. The number of hydrogen-bond acceptors (Lipinski definition) is 2. The molecule has 0 unspecified atom stereocenters. The summed E-state index contributed by atoms with van der Waals surface area (Å²) in [6.07, 6.45) is 1.27. The van der Waals surface area contributed by atoms with E-state index in [4.69, 9.17) is 11.6 Å². The van der Waals surface area contributed by atoms with E-state index in [9.17, 15) is 13.6 Å². The van der Waals surface area contributed by atoms with Crippen molar-refractivity contribution in [1.29, 1.82) is 0 Å². The predicted octanol–water partition coefficient (Wildman–Crippen LogP) is 4.47. The molecule has 1 aliphatic rings. The van der Waals surface area contributed by atoms with Gasteiger partial charge in [-0.15, -0.1) is 0 Å². The van der Waals surface area contributed by atoms with Crippen LogP contribution in [0, 0.1) is 11.6 Å². The Balaban J connectivity index is 2.01. The Labute approximate surface area is 159 Å². The topological polar surface area (TPSA) is 56.9 Å². The Morgan fingerprint density at radius 2 is 2.00 bits per heavy atom. The molecular weight excluding hydrogens is 372 g/mol. The monoisotopic (exact) mass is 389 g/mol. The highest BCUT2D eigenvalue weighted by atomic mass is 35.5. The molecule has 1 aromatic heterocycles. The molecule has 3 aromatic rings. The molecule has 0 radical (unpaired) electrons. The molecule has 1 amide bonds. The second-order valence-electron chi connectivity index (χ2n) is 7.12. The van der Waals surface area contributed by atoms with Crippen molar-refractivity contribution in [2.24, 2.45) is 0 Å². The van der Waals surface area contributed by atoms with Crippen molar-refractivity contribution >= 4 is 34.6 Å². The van der Waals surface area contributed by atoms with Gasteiger partial charge in [0.2, 0.25) is 6.41 Å². The summed E-state index contributed by atoms with van der Waals surface area (Å²) in [5, 5.41) is 7.45. The summed E-state index contributed by atoms with van der Waals surface area (Å²) in [5.41, 5.74) is 2.90. The number of carbonyl (C=O) groups excluding carboxylic acids is 1. The largest absolute Gasteiger partial charge is 0.356 e. The van der Waals surface area contributed by atoms with Crippen LogP contribution in [0.4, 0.5) is 14.5 Å². The highest BCUT2D eigenvalue weighted by molar-refractivity contribution is 6.30. The van der Waals surface area contributed by atoms with Crippen LogP contribution >= 0.6 is 11.6 Å². The molecule has 0 bridgehead atoms. The Bertz CT molecular complexity index is 1070. The first-order chi connectivity index (χ1) is 12.8. The average Bonchev–Trinajstić information content (AvgIpc) is 2.95. The van der Waals surface area contributed by atoms with Crippen molar-refractivity contribution in [3.63, 3.8) is 0 Å². The van der Waals surface area contributed by atoms with Gasteiger partial charge in [-0.2, -0.15) is 0 Å². The van der Waals surface area contributed by atoms with Gasteiger partial charge in [-0.25, -0.2) is 8.78 Å². The van der Waals surface area contributed by atoms with E-state index in [0.29, 0.717) is 34.4 Å². The summed E-state index contributed by atoms with van der Waals surface area (Å²) in [6, 6.07) is 7.70. The SMILES string of the molecule is C[C@H]1Cc2c([nH]c3cc(F)c(F)cc23)[C@@](C)(c2cc(Cl)ccc2NC=O)N1. The number of rotatable bonds is 3. The molecule has 0 saturated carbocycles. The van der Waals surface area contributed by atoms with Crippen LogP contribution < -0.4 is 10.6 Å². The van der Waals surface area contributed by atoms with Crippen LogP contribution in [0.3, 0.4) is 0 Å². The third-order valence-electron chi connectivity index (χ3n) is 5.23. The summed E-state index contributed by atoms with van der Waals surface area (Å²) >= 11 is 6.23. The fourth-order valence-electron chi connectivity index (χ4n) is 4.14. The van der Waals surface area contributed by atoms with Gasteiger partial charge in [-0.1, -0.05) is 11.6 Å². The van der Waals surface area contributed by atoms with Crippen molar-refractivity contribution in [2.75, 3.05) is 5.32 Å². The number of fused-ring (bicyclic) bond motifs is 3. The molecule has 2 heterocycles. The minimum absolute atomic E-state index is 0.0673. The minimum Gasteiger partial charge on any atom is -0.356 e. The number of aromatic nitrogens is 1. The van der Waals surface area contributed by atoms with Crippen molar-refractivity contribution in [1.82, 2.24) is 10.3 Å². The average molecular weight is 390 g/mol. The number of amides is 1. The van der Waals surface area contributed by atoms with Crippen LogP contribution in [0.25, 0.3) is 10.9 Å². The number of nitrogens with one attached hydrogen (secondary N) is 3. The second-order valence-corrected chi connectivity index (χ2v) is 7.55. The fourth-order valence-corrected chi connectivity index (χ4v) is 4.31. The van der Waals surface area contributed by atoms with E-state index < -0.39 is 17.2 Å². The van der Waals surface area contributed by atoms with Gasteiger partial charge >= 0.3 is 0 Å². The zero-order valence-corrected chi connectivity index (χ0v) is 15.5. The molecule has 140 valence electrons. The van der Waals surface area contributed by atoms with Crippen molar-refractivity contribution in [2.45, 2.75) is 31.8 Å². The summed E-state index contributed by atoms with van der Waals surface area (Å²) < 4.78 is 27.6. The van der Waals surface area contributed by atoms with Gasteiger partial charge in [0.1, 0.15) is 0 Å². The third kappa shape index (κ3) is 2.80. The molecule has 4 nitrogen and oxygen atoms in total. The van der Waals surface area contributed by atoms with E-state index in [1.54, 1.807) is 18.2 Å². The lowest BCUT2D eigenvalue weighted by molar-refractivity contribution is -0.105. The maximum atomic E-state index is 13.9. The molecule has 2 aromatic carbocycles. The van der Waals surface area contributed by atoms with Gasteiger partial charge in [-0.3, -0.25) is 10.1 Å². The van der Waals surface area contributed by atoms with Crippen LogP contribution in [0.5, 0.6) is 0 Å². The van der Waals surface area contributed by atoms with E-state index in [1.165, 1.54) is 12.1 Å². The smallest absolute Gasteiger partial charge is 0.211 e. The Morgan fingerprint density at radius 1 is 1.26 bits per heavy atom. The molecule has 0 aliphatic carbocycles. The van der Waals surface area contributed by atoms with Gasteiger partial charge in [0.25, 0.3) is 0 Å². The lowest BCUT2D eigenvalue weighted by Gasteiger charge is -2.40. The molecule has 0 spiro atoms. The second kappa shape index (κ2) is 6.32. The van der Waals surface area contributed by atoms with Crippen molar-refractivity contribution in [3.8, 4) is 0 Å². The molecule has 1 aliphatic heterocycles. The zero-order valence-electron chi connectivity index (χ0n) is 14.8. The first kappa shape index (κ1) is 17.9. The molecular formula is C20H18ClF2N3O. The van der Waals surface area contributed by atoms with Gasteiger partial charge in [0.15, 0.2) is 11.6 Å². The van der Waals surface area contributed by atoms with Crippen molar-refractivity contribution in [3.05, 3.63) is 63.8 Å². The van der Waals surface area contributed by atoms with Gasteiger partial charge in [-0.05, 0) is 50.1 Å². The van der Waals surface area contributed by atoms with Gasteiger partial charge in [0.05, 0.1) is 5.54 Å². The quantitative estimate of drug-likeness (QED) is 0.579. The molecule has 2 atom stereocenters. The zero-order chi connectivity index (χ0) is 19.3. The third-order valence-corrected chi connectivity index (χ3v) is 5.46. The molecule has 4 rings (SSSR count). The summed E-state index contributed by atoms with van der Waals surface area (Å²) in [6.45, 7) is 3.99. The normalized spacial score (nSPS) is 21.9. The van der Waals surface area contributed by atoms with Crippen LogP contribution in [0.15, 0.2) is 30.3 Å². The highest BCUT2D eigenvalue weighted by Crippen LogP contribution is 2.42. The van der Waals surface area contributed by atoms with Gasteiger partial charge in [0, 0.05) is 45.0 Å². The molecule has 0 saturated heterocycles. The fraction of sp³-hybridized carbons (Fsp3) is 0.250. The van der Waals surface area contributed by atoms with Crippen LogP contribution in [-0.4, -0.2) is 17.4 Å². The number of benzene rings is 2. The Hall–Kier alpha value is -2.44. The summed E-state index contributed by atoms with van der Waals surface area (Å²) in [5.74, 6) is -1.77. The van der Waals surface area contributed by atoms with E-state index in [1.807, 2.05) is 13.8 Å². The lowest BCUT2D eigenvalue weighted by atomic mass is 9.80. The van der Waals surface area contributed by atoms with Crippen LogP contribution in [0.2, 0.25) is 5.02 Å². The van der Waals surface area contributed by atoms with E-state index in [0.717, 1.165) is 16.8 Å². The number of carbonyl (C=O) groups is 1. The number of hydrogen-bond donors (Lipinski definition) is 3. The number of anilines is 1. The lowest BCUT2D eigenvalue weighted by Crippen LogP contribution is -2.50. The first-order valence-corrected chi connectivity index (χ1v) is 8.99. The maximum absolute atomic E-state index is 13.9. The standard InChI is InChI=1S/C20H18ClF2N3O/c1-10-5-13-12-7-15(22)16(23)8-18(12)25-19(13)20(2,26-10)14-6-11(21)3-4-17(14)24-9-27/h3-4,6-10,25-26H,5H2,1-2H3,(H,24,27)/t10-,20+/m0/s1. The maximum Gasteiger partial charge on any atom is 0.211 e. The number of aromatic amines is 1. The minimum atomic E-state index is -0.894. The van der Waals surface area contributed by atoms with E-state index in [2.05, 4.69) is 15.6 Å². The van der Waals surface area contributed by atoms with Crippen LogP contribution in [-0.2, 0) is 16.8 Å². The van der Waals surface area contributed by atoms with Crippen LogP contribution in [0.1, 0.15) is 30.7 Å².